The van der Waals surface area contributed by atoms with E-state index in [2.05, 4.69) is 31.2 Å². The van der Waals surface area contributed by atoms with Crippen LogP contribution in [0.4, 0.5) is 5.82 Å². The van der Waals surface area contributed by atoms with Gasteiger partial charge in [0.25, 0.3) is 0 Å². The molecule has 7 nitrogen and oxygen atoms in total. The van der Waals surface area contributed by atoms with Gasteiger partial charge in [-0.15, -0.1) is 0 Å². The quantitative estimate of drug-likeness (QED) is 0.886. The number of carbonyl (C=O) groups is 1. The molecule has 0 bridgehead atoms. The summed E-state index contributed by atoms with van der Waals surface area (Å²) in [4.78, 5) is 26.9. The molecule has 4 rings (SSSR count). The SMILES string of the molecule is O=C(C[C@@H]1CO[C@@H]2CN(Cc3cccnc3)C[C@H]12)Nc1cnccn1. The Morgan fingerprint density at radius 1 is 1.24 bits per heavy atom. The summed E-state index contributed by atoms with van der Waals surface area (Å²) < 4.78 is 5.94. The van der Waals surface area contributed by atoms with Gasteiger partial charge in [0.15, 0.2) is 5.82 Å². The molecule has 0 radical (unpaired) electrons. The number of likely N-dealkylation sites (tertiary alicyclic amines) is 1. The second-order valence-corrected chi connectivity index (χ2v) is 6.69. The van der Waals surface area contributed by atoms with Crippen LogP contribution < -0.4 is 5.32 Å². The summed E-state index contributed by atoms with van der Waals surface area (Å²) in [6.07, 6.45) is 9.08. The van der Waals surface area contributed by atoms with Gasteiger partial charge in [-0.3, -0.25) is 19.7 Å². The predicted octanol–water partition coefficient (Wildman–Crippen LogP) is 1.35. The second kappa shape index (κ2) is 7.25. The monoisotopic (exact) mass is 339 g/mol. The molecule has 2 aromatic rings. The summed E-state index contributed by atoms with van der Waals surface area (Å²) in [5, 5.41) is 2.81. The van der Waals surface area contributed by atoms with Gasteiger partial charge in [0, 0.05) is 56.8 Å². The molecule has 25 heavy (non-hydrogen) atoms. The Kier molecular flexibility index (Phi) is 4.67. The van der Waals surface area contributed by atoms with Crippen LogP contribution in [-0.4, -0.2) is 51.6 Å². The van der Waals surface area contributed by atoms with E-state index in [1.807, 2.05) is 12.3 Å². The summed E-state index contributed by atoms with van der Waals surface area (Å²) in [7, 11) is 0. The molecule has 1 N–H and O–H groups in total. The van der Waals surface area contributed by atoms with E-state index in [9.17, 15) is 4.79 Å². The number of nitrogens with zero attached hydrogens (tertiary/aromatic N) is 4. The van der Waals surface area contributed by atoms with Gasteiger partial charge in [0.1, 0.15) is 0 Å². The minimum atomic E-state index is -0.0274. The normalized spacial score (nSPS) is 25.7. The maximum atomic E-state index is 12.3. The number of rotatable bonds is 5. The lowest BCUT2D eigenvalue weighted by Crippen LogP contribution is -2.26. The van der Waals surface area contributed by atoms with E-state index in [4.69, 9.17) is 4.74 Å². The Bertz CT molecular complexity index is 712. The van der Waals surface area contributed by atoms with Gasteiger partial charge < -0.3 is 10.1 Å². The number of hydrogen-bond acceptors (Lipinski definition) is 6. The van der Waals surface area contributed by atoms with Crippen molar-refractivity contribution in [2.75, 3.05) is 25.0 Å². The van der Waals surface area contributed by atoms with Crippen LogP contribution in [0.5, 0.6) is 0 Å². The van der Waals surface area contributed by atoms with Gasteiger partial charge >= 0.3 is 0 Å². The van der Waals surface area contributed by atoms with Crippen molar-refractivity contribution in [3.8, 4) is 0 Å². The van der Waals surface area contributed by atoms with Crippen LogP contribution in [0.2, 0.25) is 0 Å². The van der Waals surface area contributed by atoms with Crippen LogP contribution in [0.25, 0.3) is 0 Å². The van der Waals surface area contributed by atoms with Gasteiger partial charge in [-0.2, -0.15) is 0 Å². The molecular formula is C18H21N5O2. The number of anilines is 1. The van der Waals surface area contributed by atoms with Crippen LogP contribution in [0.1, 0.15) is 12.0 Å². The number of ether oxygens (including phenoxy) is 1. The molecule has 2 aliphatic rings. The lowest BCUT2D eigenvalue weighted by atomic mass is 9.90. The third kappa shape index (κ3) is 3.83. The maximum absolute atomic E-state index is 12.3. The first-order chi connectivity index (χ1) is 12.3. The van der Waals surface area contributed by atoms with Gasteiger partial charge in [0.05, 0.1) is 18.9 Å². The second-order valence-electron chi connectivity index (χ2n) is 6.69. The Labute approximate surface area is 146 Å². The van der Waals surface area contributed by atoms with Crippen molar-refractivity contribution in [3.05, 3.63) is 48.7 Å². The first-order valence-electron chi connectivity index (χ1n) is 8.56. The maximum Gasteiger partial charge on any atom is 0.225 e. The fourth-order valence-corrected chi connectivity index (χ4v) is 3.76. The smallest absolute Gasteiger partial charge is 0.225 e. The van der Waals surface area contributed by atoms with E-state index in [1.165, 1.54) is 5.56 Å². The Morgan fingerprint density at radius 3 is 2.96 bits per heavy atom. The average molecular weight is 339 g/mol. The molecule has 2 fully saturated rings. The third-order valence-corrected chi connectivity index (χ3v) is 4.92. The Balaban J connectivity index is 1.32. The van der Waals surface area contributed by atoms with Crippen molar-refractivity contribution >= 4 is 11.7 Å². The van der Waals surface area contributed by atoms with Crippen molar-refractivity contribution in [2.45, 2.75) is 19.1 Å². The van der Waals surface area contributed by atoms with Gasteiger partial charge in [0.2, 0.25) is 5.91 Å². The number of pyridine rings is 1. The molecular weight excluding hydrogens is 318 g/mol. The van der Waals surface area contributed by atoms with Crippen LogP contribution in [0.15, 0.2) is 43.1 Å². The zero-order valence-electron chi connectivity index (χ0n) is 13.9. The van der Waals surface area contributed by atoms with Crippen LogP contribution in [-0.2, 0) is 16.1 Å². The van der Waals surface area contributed by atoms with E-state index in [0.29, 0.717) is 24.8 Å². The summed E-state index contributed by atoms with van der Waals surface area (Å²) >= 11 is 0. The summed E-state index contributed by atoms with van der Waals surface area (Å²) in [5.74, 6) is 1.12. The highest BCUT2D eigenvalue weighted by molar-refractivity contribution is 5.89. The lowest BCUT2D eigenvalue weighted by Gasteiger charge is -2.19. The van der Waals surface area contributed by atoms with Crippen LogP contribution in [0.3, 0.4) is 0 Å². The largest absolute Gasteiger partial charge is 0.376 e. The number of aromatic nitrogens is 3. The highest BCUT2D eigenvalue weighted by atomic mass is 16.5. The standard InChI is InChI=1S/C18H21N5O2/c24-18(22-17-8-20-4-5-21-17)6-14-12-25-16-11-23(10-15(14)16)9-13-2-1-3-19-7-13/h1-5,7-8,14-16H,6,9-12H2,(H,21,22,24)/t14-,15-,16-/m1/s1. The average Bonchev–Trinajstić information content (AvgIpc) is 3.18. The fraction of sp³-hybridized carbons (Fsp3) is 0.444. The number of fused-ring (bicyclic) bond motifs is 1. The minimum Gasteiger partial charge on any atom is -0.376 e. The van der Waals surface area contributed by atoms with Crippen LogP contribution in [0, 0.1) is 11.8 Å². The molecule has 130 valence electrons. The third-order valence-electron chi connectivity index (χ3n) is 4.92. The zero-order valence-corrected chi connectivity index (χ0v) is 13.9. The Morgan fingerprint density at radius 2 is 2.16 bits per heavy atom. The van der Waals surface area contributed by atoms with Crippen molar-refractivity contribution < 1.29 is 9.53 Å². The highest BCUT2D eigenvalue weighted by Crippen LogP contribution is 2.36. The first kappa shape index (κ1) is 16.1. The molecule has 3 atom stereocenters. The van der Waals surface area contributed by atoms with Gasteiger partial charge in [-0.1, -0.05) is 6.07 Å². The van der Waals surface area contributed by atoms with E-state index >= 15 is 0 Å². The van der Waals surface area contributed by atoms with Gasteiger partial charge in [-0.25, -0.2) is 4.98 Å². The molecule has 1 amide bonds. The number of nitrogens with one attached hydrogen (secondary N) is 1. The predicted molar refractivity (Wildman–Crippen MR) is 91.5 cm³/mol. The molecule has 2 saturated heterocycles. The zero-order chi connectivity index (χ0) is 17.1. The molecule has 0 aliphatic carbocycles. The van der Waals surface area contributed by atoms with Crippen molar-refractivity contribution in [3.63, 3.8) is 0 Å². The van der Waals surface area contributed by atoms with Gasteiger partial charge in [-0.05, 0) is 17.5 Å². The van der Waals surface area contributed by atoms with E-state index in [-0.39, 0.29) is 17.9 Å². The van der Waals surface area contributed by atoms with Crippen LogP contribution >= 0.6 is 0 Å². The molecule has 0 aromatic carbocycles. The summed E-state index contributed by atoms with van der Waals surface area (Å²) in [6, 6.07) is 4.05. The molecule has 0 saturated carbocycles. The number of amides is 1. The fourth-order valence-electron chi connectivity index (χ4n) is 3.76. The van der Waals surface area contributed by atoms with Crippen molar-refractivity contribution in [2.24, 2.45) is 11.8 Å². The molecule has 0 unspecified atom stereocenters. The lowest BCUT2D eigenvalue weighted by molar-refractivity contribution is -0.117. The van der Waals surface area contributed by atoms with E-state index in [1.54, 1.807) is 24.8 Å². The van der Waals surface area contributed by atoms with E-state index in [0.717, 1.165) is 19.6 Å². The first-order valence-corrected chi connectivity index (χ1v) is 8.56. The van der Waals surface area contributed by atoms with E-state index < -0.39 is 0 Å². The van der Waals surface area contributed by atoms with Crippen molar-refractivity contribution in [1.29, 1.82) is 0 Å². The Hall–Kier alpha value is -2.38. The van der Waals surface area contributed by atoms with Crippen molar-refractivity contribution in [1.82, 2.24) is 19.9 Å². The summed E-state index contributed by atoms with van der Waals surface area (Å²) in [6.45, 7) is 3.41. The molecule has 2 aliphatic heterocycles. The molecule has 2 aromatic heterocycles. The number of hydrogen-bond donors (Lipinski definition) is 1. The number of carbonyl (C=O) groups excluding carboxylic acids is 1. The minimum absolute atomic E-state index is 0.0274. The molecule has 4 heterocycles. The molecule has 7 heteroatoms. The topological polar surface area (TPSA) is 80.2 Å². The highest BCUT2D eigenvalue weighted by Gasteiger charge is 2.44. The molecule has 0 spiro atoms. The summed E-state index contributed by atoms with van der Waals surface area (Å²) in [5.41, 5.74) is 1.21.